The van der Waals surface area contributed by atoms with Crippen molar-refractivity contribution in [1.82, 2.24) is 14.1 Å². The third kappa shape index (κ3) is 3.82. The first-order valence-electron chi connectivity index (χ1n) is 8.79. The van der Waals surface area contributed by atoms with Gasteiger partial charge >= 0.3 is 0 Å². The van der Waals surface area contributed by atoms with Crippen LogP contribution in [0.5, 0.6) is 0 Å². The molecular weight excluding hydrogens is 336 g/mol. The molecule has 2 aromatic heterocycles. The second-order valence-corrected chi connectivity index (χ2v) is 6.48. The van der Waals surface area contributed by atoms with Crippen LogP contribution in [0.2, 0.25) is 0 Å². The molecule has 0 atom stereocenters. The molecule has 4 aromatic rings. The summed E-state index contributed by atoms with van der Waals surface area (Å²) < 4.78 is 4.00. The van der Waals surface area contributed by atoms with Gasteiger partial charge in [-0.05, 0) is 54.4 Å². The average Bonchev–Trinajstić information content (AvgIpc) is 3.36. The average molecular weight is 356 g/mol. The van der Waals surface area contributed by atoms with E-state index in [9.17, 15) is 4.79 Å². The number of amides is 1. The summed E-state index contributed by atoms with van der Waals surface area (Å²) in [4.78, 5) is 16.8. The number of carbonyl (C=O) groups is 1. The fraction of sp³-hybridized carbons (Fsp3) is 0.0909. The van der Waals surface area contributed by atoms with Crippen molar-refractivity contribution in [2.45, 2.75) is 13.5 Å². The minimum absolute atomic E-state index is 0.122. The van der Waals surface area contributed by atoms with E-state index in [2.05, 4.69) is 10.3 Å². The Labute approximate surface area is 157 Å². The minimum atomic E-state index is -0.122. The second-order valence-electron chi connectivity index (χ2n) is 6.48. The number of aromatic nitrogens is 3. The molecular formula is C22H20N4O. The Morgan fingerprint density at radius 2 is 1.89 bits per heavy atom. The molecule has 1 amide bonds. The van der Waals surface area contributed by atoms with Gasteiger partial charge in [0.15, 0.2) is 0 Å². The molecule has 27 heavy (non-hydrogen) atoms. The largest absolute Gasteiger partial charge is 0.333 e. The van der Waals surface area contributed by atoms with E-state index in [1.807, 2.05) is 89.2 Å². The SMILES string of the molecule is Cc1ccc(C(=O)Nc2cccc(Cn3ccnc3)c2)cc1-n1cccc1. The third-order valence-electron chi connectivity index (χ3n) is 4.46. The molecule has 0 aliphatic carbocycles. The molecule has 2 aromatic carbocycles. The van der Waals surface area contributed by atoms with E-state index < -0.39 is 0 Å². The fourth-order valence-electron chi connectivity index (χ4n) is 3.07. The Kier molecular flexibility index (Phi) is 4.58. The van der Waals surface area contributed by atoms with Crippen molar-refractivity contribution < 1.29 is 4.79 Å². The molecule has 134 valence electrons. The van der Waals surface area contributed by atoms with Gasteiger partial charge in [0.25, 0.3) is 5.91 Å². The number of hydrogen-bond donors (Lipinski definition) is 1. The standard InChI is InChI=1S/C22H20N4O/c1-17-7-8-19(14-21(17)26-10-2-3-11-26)22(27)24-20-6-4-5-18(13-20)15-25-12-9-23-16-25/h2-14,16H,15H2,1H3,(H,24,27). The van der Waals surface area contributed by atoms with E-state index >= 15 is 0 Å². The highest BCUT2D eigenvalue weighted by Crippen LogP contribution is 2.18. The second kappa shape index (κ2) is 7.33. The van der Waals surface area contributed by atoms with Gasteiger partial charge in [0.1, 0.15) is 0 Å². The molecule has 2 heterocycles. The topological polar surface area (TPSA) is 51.9 Å². The number of benzene rings is 2. The van der Waals surface area contributed by atoms with Crippen LogP contribution >= 0.6 is 0 Å². The van der Waals surface area contributed by atoms with Crippen molar-refractivity contribution in [3.05, 3.63) is 102 Å². The zero-order valence-corrected chi connectivity index (χ0v) is 15.0. The van der Waals surface area contributed by atoms with Crippen LogP contribution < -0.4 is 5.32 Å². The van der Waals surface area contributed by atoms with E-state index in [1.54, 1.807) is 12.5 Å². The number of carbonyl (C=O) groups excluding carboxylic acids is 1. The van der Waals surface area contributed by atoms with Crippen LogP contribution in [0.3, 0.4) is 0 Å². The number of hydrogen-bond acceptors (Lipinski definition) is 2. The molecule has 5 nitrogen and oxygen atoms in total. The van der Waals surface area contributed by atoms with E-state index in [0.717, 1.165) is 22.5 Å². The van der Waals surface area contributed by atoms with Crippen molar-refractivity contribution in [3.8, 4) is 5.69 Å². The fourth-order valence-corrected chi connectivity index (χ4v) is 3.07. The number of rotatable bonds is 5. The van der Waals surface area contributed by atoms with Crippen LogP contribution in [-0.4, -0.2) is 20.0 Å². The molecule has 0 fully saturated rings. The van der Waals surface area contributed by atoms with Crippen molar-refractivity contribution in [3.63, 3.8) is 0 Å². The summed E-state index contributed by atoms with van der Waals surface area (Å²) in [6.45, 7) is 2.75. The zero-order chi connectivity index (χ0) is 18.6. The van der Waals surface area contributed by atoms with Crippen LogP contribution in [0.1, 0.15) is 21.5 Å². The van der Waals surface area contributed by atoms with Crippen molar-refractivity contribution in [2.75, 3.05) is 5.32 Å². The van der Waals surface area contributed by atoms with Gasteiger partial charge in [0.05, 0.1) is 6.33 Å². The molecule has 0 aliphatic rings. The zero-order valence-electron chi connectivity index (χ0n) is 15.0. The van der Waals surface area contributed by atoms with Crippen LogP contribution in [0.15, 0.2) is 85.7 Å². The highest BCUT2D eigenvalue weighted by Gasteiger charge is 2.10. The summed E-state index contributed by atoms with van der Waals surface area (Å²) in [6.07, 6.45) is 9.40. The molecule has 0 unspecified atom stereocenters. The van der Waals surface area contributed by atoms with E-state index in [0.29, 0.717) is 12.1 Å². The summed E-state index contributed by atoms with van der Waals surface area (Å²) in [6, 6.07) is 17.5. The Bertz CT molecular complexity index is 1050. The molecule has 1 N–H and O–H groups in total. The lowest BCUT2D eigenvalue weighted by Gasteiger charge is -2.11. The van der Waals surface area contributed by atoms with Crippen molar-refractivity contribution >= 4 is 11.6 Å². The van der Waals surface area contributed by atoms with Gasteiger partial charge in [-0.25, -0.2) is 4.98 Å². The van der Waals surface area contributed by atoms with E-state index in [4.69, 9.17) is 0 Å². The van der Waals surface area contributed by atoms with Gasteiger partial charge < -0.3 is 14.5 Å². The molecule has 0 bridgehead atoms. The highest BCUT2D eigenvalue weighted by molar-refractivity contribution is 6.04. The normalized spacial score (nSPS) is 10.7. The number of nitrogens with zero attached hydrogens (tertiary/aromatic N) is 3. The first kappa shape index (κ1) is 16.8. The number of imidazole rings is 1. The molecule has 0 aliphatic heterocycles. The summed E-state index contributed by atoms with van der Waals surface area (Å²) >= 11 is 0. The number of aryl methyl sites for hydroxylation is 1. The van der Waals surface area contributed by atoms with Gasteiger partial charge in [-0.15, -0.1) is 0 Å². The Morgan fingerprint density at radius 3 is 2.67 bits per heavy atom. The maximum atomic E-state index is 12.7. The van der Waals surface area contributed by atoms with Crippen molar-refractivity contribution in [1.29, 1.82) is 0 Å². The third-order valence-corrected chi connectivity index (χ3v) is 4.46. The van der Waals surface area contributed by atoms with Crippen LogP contribution in [0.25, 0.3) is 5.69 Å². The molecule has 0 saturated carbocycles. The van der Waals surface area contributed by atoms with Gasteiger partial charge in [-0.3, -0.25) is 4.79 Å². The van der Waals surface area contributed by atoms with Crippen LogP contribution in [0, 0.1) is 6.92 Å². The van der Waals surface area contributed by atoms with E-state index in [-0.39, 0.29) is 5.91 Å². The maximum absolute atomic E-state index is 12.7. The Morgan fingerprint density at radius 1 is 1.04 bits per heavy atom. The summed E-state index contributed by atoms with van der Waals surface area (Å²) in [5.41, 5.74) is 4.62. The summed E-state index contributed by atoms with van der Waals surface area (Å²) in [5.74, 6) is -0.122. The molecule has 0 saturated heterocycles. The molecule has 0 radical (unpaired) electrons. The minimum Gasteiger partial charge on any atom is -0.333 e. The smallest absolute Gasteiger partial charge is 0.255 e. The van der Waals surface area contributed by atoms with Gasteiger partial charge in [0.2, 0.25) is 0 Å². The predicted octanol–water partition coefficient (Wildman–Crippen LogP) is 4.28. The molecule has 5 heteroatoms. The quantitative estimate of drug-likeness (QED) is 0.580. The van der Waals surface area contributed by atoms with Gasteiger partial charge in [-0.1, -0.05) is 18.2 Å². The predicted molar refractivity (Wildman–Crippen MR) is 106 cm³/mol. The highest BCUT2D eigenvalue weighted by atomic mass is 16.1. The monoisotopic (exact) mass is 356 g/mol. The lowest BCUT2D eigenvalue weighted by Crippen LogP contribution is -2.13. The summed E-state index contributed by atoms with van der Waals surface area (Å²) in [5, 5.41) is 3.00. The van der Waals surface area contributed by atoms with Gasteiger partial charge in [0, 0.05) is 48.3 Å². The van der Waals surface area contributed by atoms with Crippen molar-refractivity contribution in [2.24, 2.45) is 0 Å². The van der Waals surface area contributed by atoms with Gasteiger partial charge in [-0.2, -0.15) is 0 Å². The molecule has 0 spiro atoms. The van der Waals surface area contributed by atoms with Crippen LogP contribution in [0.4, 0.5) is 5.69 Å². The Balaban J connectivity index is 1.53. The van der Waals surface area contributed by atoms with Crippen LogP contribution in [-0.2, 0) is 6.54 Å². The first-order valence-corrected chi connectivity index (χ1v) is 8.79. The van der Waals surface area contributed by atoms with E-state index in [1.165, 1.54) is 0 Å². The lowest BCUT2D eigenvalue weighted by atomic mass is 10.1. The maximum Gasteiger partial charge on any atom is 0.255 e. The first-order chi connectivity index (χ1) is 13.2. The number of nitrogens with one attached hydrogen (secondary N) is 1. The lowest BCUT2D eigenvalue weighted by molar-refractivity contribution is 0.102. The number of anilines is 1. The summed E-state index contributed by atoms with van der Waals surface area (Å²) in [7, 11) is 0. The molecule has 4 rings (SSSR count). The Hall–Kier alpha value is -3.60.